The van der Waals surface area contributed by atoms with Gasteiger partial charge < -0.3 is 21.1 Å². The molecule has 4 atom stereocenters. The van der Waals surface area contributed by atoms with Crippen LogP contribution in [0.1, 0.15) is 69.9 Å². The minimum Gasteiger partial charge on any atom is -0.393 e. The van der Waals surface area contributed by atoms with Crippen LogP contribution >= 0.6 is 23.2 Å². The molecule has 1 spiro atoms. The Kier molecular flexibility index (Phi) is 7.07. The maximum absolute atomic E-state index is 14.1. The second kappa shape index (κ2) is 9.88. The average molecular weight is 545 g/mol. The summed E-state index contributed by atoms with van der Waals surface area (Å²) in [7, 11) is 0. The fourth-order valence-corrected chi connectivity index (χ4v) is 7.00. The lowest BCUT2D eigenvalue weighted by atomic mass is 9.62. The quantitative estimate of drug-likeness (QED) is 0.428. The summed E-state index contributed by atoms with van der Waals surface area (Å²) in [6.45, 7) is 6.44. The first-order valence-electron chi connectivity index (χ1n) is 13.1. The number of nitrogens with one attached hydrogen (secondary N) is 3. The predicted molar refractivity (Wildman–Crippen MR) is 147 cm³/mol. The van der Waals surface area contributed by atoms with Crippen molar-refractivity contribution in [2.75, 3.05) is 5.32 Å². The summed E-state index contributed by atoms with van der Waals surface area (Å²) in [6, 6.07) is 12.1. The van der Waals surface area contributed by atoms with Gasteiger partial charge in [0.15, 0.2) is 0 Å². The molecule has 1 aliphatic carbocycles. The maximum Gasteiger partial charge on any atom is 0.238 e. The number of amides is 2. The van der Waals surface area contributed by atoms with Crippen LogP contribution in [-0.2, 0) is 15.0 Å². The highest BCUT2D eigenvalue weighted by Gasteiger charge is 2.65. The second-order valence-electron chi connectivity index (χ2n) is 12.0. The molecule has 2 amide bonds. The number of fused-ring (bicyclic) bond motifs is 2. The minimum atomic E-state index is -1.03. The molecule has 2 fully saturated rings. The predicted octanol–water partition coefficient (Wildman–Crippen LogP) is 5.16. The van der Waals surface area contributed by atoms with E-state index >= 15 is 0 Å². The molecule has 3 aliphatic rings. The third-order valence-corrected chi connectivity index (χ3v) is 8.63. The number of anilines is 1. The standard InChI is InChI=1S/C29H35Cl2N3O3/c1-28(2,3)15-23-29(21-12-7-18(31)14-22(21)33-27(29)37)24(16-5-4-6-17(30)13-16)25(34-23)26(36)32-19-8-10-20(35)11-9-19/h4-7,12-14,19-20,23-25,34-35H,8-11,15H2,1-3H3,(H,32,36)(H,33,37)/t19?,20?,23-,24-,25+,29-/m0/s1. The number of carbonyl (C=O) groups excluding carboxylic acids is 2. The molecule has 0 radical (unpaired) electrons. The normalized spacial score (nSPS) is 31.3. The molecule has 0 unspecified atom stereocenters. The SMILES string of the molecule is CC(C)(C)C[C@@H]1N[C@@H](C(=O)NC2CCC(O)CC2)[C@H](c2cccc(Cl)c2)[C@@]12C(=O)Nc1cc(Cl)ccc12. The van der Waals surface area contributed by atoms with Gasteiger partial charge in [0, 0.05) is 33.7 Å². The van der Waals surface area contributed by atoms with Crippen LogP contribution in [0.15, 0.2) is 42.5 Å². The fraction of sp³-hybridized carbons (Fsp3) is 0.517. The van der Waals surface area contributed by atoms with Crippen molar-refractivity contribution in [3.8, 4) is 0 Å². The number of benzene rings is 2. The van der Waals surface area contributed by atoms with Crippen LogP contribution in [0, 0.1) is 5.41 Å². The Bertz CT molecular complexity index is 1210. The van der Waals surface area contributed by atoms with Crippen molar-refractivity contribution in [3.63, 3.8) is 0 Å². The molecule has 8 heteroatoms. The summed E-state index contributed by atoms with van der Waals surface area (Å²) in [5, 5.41) is 21.0. The van der Waals surface area contributed by atoms with E-state index < -0.39 is 17.4 Å². The zero-order valence-electron chi connectivity index (χ0n) is 21.5. The smallest absolute Gasteiger partial charge is 0.238 e. The zero-order valence-corrected chi connectivity index (χ0v) is 23.0. The van der Waals surface area contributed by atoms with Crippen LogP contribution in [0.2, 0.25) is 10.0 Å². The molecule has 1 saturated carbocycles. The van der Waals surface area contributed by atoms with Gasteiger partial charge in [-0.05, 0) is 72.9 Å². The lowest BCUT2D eigenvalue weighted by Gasteiger charge is -2.37. The molecule has 5 rings (SSSR count). The van der Waals surface area contributed by atoms with Crippen LogP contribution < -0.4 is 16.0 Å². The van der Waals surface area contributed by atoms with E-state index in [-0.39, 0.29) is 35.4 Å². The van der Waals surface area contributed by atoms with Crippen molar-refractivity contribution in [2.45, 2.75) is 88.4 Å². The van der Waals surface area contributed by atoms with E-state index in [9.17, 15) is 14.7 Å². The van der Waals surface area contributed by atoms with Crippen LogP contribution in [0.25, 0.3) is 0 Å². The first-order valence-corrected chi connectivity index (χ1v) is 13.9. The zero-order chi connectivity index (χ0) is 26.5. The minimum absolute atomic E-state index is 0.00109. The highest BCUT2D eigenvalue weighted by Crippen LogP contribution is 2.56. The number of hydrogen-bond acceptors (Lipinski definition) is 4. The van der Waals surface area contributed by atoms with E-state index in [2.05, 4.69) is 36.7 Å². The Morgan fingerprint density at radius 2 is 1.78 bits per heavy atom. The van der Waals surface area contributed by atoms with Gasteiger partial charge in [-0.25, -0.2) is 0 Å². The number of halogens is 2. The van der Waals surface area contributed by atoms with Gasteiger partial charge in [0.05, 0.1) is 12.1 Å². The van der Waals surface area contributed by atoms with Gasteiger partial charge in [-0.3, -0.25) is 9.59 Å². The summed E-state index contributed by atoms with van der Waals surface area (Å²) in [6.07, 6.45) is 3.20. The van der Waals surface area contributed by atoms with Gasteiger partial charge in [-0.1, -0.05) is 62.2 Å². The van der Waals surface area contributed by atoms with Gasteiger partial charge in [0.2, 0.25) is 11.8 Å². The van der Waals surface area contributed by atoms with Gasteiger partial charge in [0.1, 0.15) is 5.41 Å². The lowest BCUT2D eigenvalue weighted by molar-refractivity contribution is -0.124. The Hall–Kier alpha value is -2.12. The number of aliphatic hydroxyl groups excluding tert-OH is 1. The van der Waals surface area contributed by atoms with Crippen molar-refractivity contribution in [1.82, 2.24) is 10.6 Å². The van der Waals surface area contributed by atoms with Crippen molar-refractivity contribution < 1.29 is 14.7 Å². The first kappa shape index (κ1) is 26.5. The second-order valence-corrected chi connectivity index (χ2v) is 12.9. The van der Waals surface area contributed by atoms with E-state index in [1.807, 2.05) is 30.3 Å². The van der Waals surface area contributed by atoms with E-state index in [4.69, 9.17) is 23.2 Å². The van der Waals surface area contributed by atoms with E-state index in [1.165, 1.54) is 0 Å². The monoisotopic (exact) mass is 543 g/mol. The molecule has 4 N–H and O–H groups in total. The molecule has 0 aromatic heterocycles. The molecular weight excluding hydrogens is 509 g/mol. The van der Waals surface area contributed by atoms with Gasteiger partial charge in [-0.2, -0.15) is 0 Å². The first-order chi connectivity index (χ1) is 17.5. The highest BCUT2D eigenvalue weighted by atomic mass is 35.5. The topological polar surface area (TPSA) is 90.5 Å². The number of carbonyl (C=O) groups is 2. The van der Waals surface area contributed by atoms with Crippen molar-refractivity contribution in [1.29, 1.82) is 0 Å². The molecular formula is C29H35Cl2N3O3. The largest absolute Gasteiger partial charge is 0.393 e. The Balaban J connectivity index is 1.64. The molecule has 6 nitrogen and oxygen atoms in total. The maximum atomic E-state index is 14.1. The van der Waals surface area contributed by atoms with Crippen LogP contribution in [0.3, 0.4) is 0 Å². The summed E-state index contributed by atoms with van der Waals surface area (Å²) in [5.74, 6) is -0.750. The van der Waals surface area contributed by atoms with Crippen molar-refractivity contribution >= 4 is 40.7 Å². The summed E-state index contributed by atoms with van der Waals surface area (Å²) < 4.78 is 0. The van der Waals surface area contributed by atoms with E-state index in [0.29, 0.717) is 35.0 Å². The molecule has 0 bridgehead atoms. The molecule has 2 aliphatic heterocycles. The molecule has 198 valence electrons. The molecule has 37 heavy (non-hydrogen) atoms. The van der Waals surface area contributed by atoms with Crippen molar-refractivity contribution in [2.24, 2.45) is 5.41 Å². The number of hydrogen-bond donors (Lipinski definition) is 4. The Labute approximate surface area is 228 Å². The van der Waals surface area contributed by atoms with Crippen LogP contribution in [0.5, 0.6) is 0 Å². The molecule has 2 aromatic rings. The summed E-state index contributed by atoms with van der Waals surface area (Å²) >= 11 is 12.8. The van der Waals surface area contributed by atoms with Gasteiger partial charge in [-0.15, -0.1) is 0 Å². The molecule has 2 heterocycles. The number of rotatable bonds is 4. The highest BCUT2D eigenvalue weighted by molar-refractivity contribution is 6.31. The van der Waals surface area contributed by atoms with E-state index in [1.54, 1.807) is 12.1 Å². The molecule has 2 aromatic carbocycles. The Morgan fingerprint density at radius 1 is 1.08 bits per heavy atom. The van der Waals surface area contributed by atoms with Crippen molar-refractivity contribution in [3.05, 3.63) is 63.6 Å². The van der Waals surface area contributed by atoms with Gasteiger partial charge >= 0.3 is 0 Å². The average Bonchev–Trinajstić information content (AvgIpc) is 3.29. The van der Waals surface area contributed by atoms with Crippen LogP contribution in [-0.4, -0.2) is 41.2 Å². The third kappa shape index (κ3) is 4.89. The Morgan fingerprint density at radius 3 is 2.46 bits per heavy atom. The number of aliphatic hydroxyl groups is 1. The third-order valence-electron chi connectivity index (χ3n) is 8.16. The summed E-state index contributed by atoms with van der Waals surface area (Å²) in [5.41, 5.74) is 1.25. The fourth-order valence-electron chi connectivity index (χ4n) is 6.63. The molecule has 1 saturated heterocycles. The van der Waals surface area contributed by atoms with Gasteiger partial charge in [0.25, 0.3) is 0 Å². The van der Waals surface area contributed by atoms with E-state index in [0.717, 1.165) is 24.0 Å². The summed E-state index contributed by atoms with van der Waals surface area (Å²) in [4.78, 5) is 28.1. The lowest BCUT2D eigenvalue weighted by Crippen LogP contribution is -2.49. The van der Waals surface area contributed by atoms with Crippen LogP contribution in [0.4, 0.5) is 5.69 Å².